The SMILES string of the molecule is Cc1ncsc1-c1ccc(C(=O)N2CCC[C@]3(C)NCCCC[C@H]23)cn1. The minimum absolute atomic E-state index is 0.0392. The lowest BCUT2D eigenvalue weighted by molar-refractivity contribution is 0.0379. The molecule has 2 aliphatic rings. The highest BCUT2D eigenvalue weighted by Crippen LogP contribution is 2.34. The summed E-state index contributed by atoms with van der Waals surface area (Å²) < 4.78 is 0. The molecule has 138 valence electrons. The number of rotatable bonds is 2. The van der Waals surface area contributed by atoms with Crippen molar-refractivity contribution in [1.29, 1.82) is 0 Å². The molecule has 0 saturated carbocycles. The van der Waals surface area contributed by atoms with Crippen LogP contribution in [0.2, 0.25) is 0 Å². The number of carbonyl (C=O) groups is 1. The van der Waals surface area contributed by atoms with Gasteiger partial charge in [0, 0.05) is 24.3 Å². The van der Waals surface area contributed by atoms with E-state index in [1.54, 1.807) is 17.5 Å². The zero-order valence-electron chi connectivity index (χ0n) is 15.5. The van der Waals surface area contributed by atoms with Crippen LogP contribution in [0.4, 0.5) is 0 Å². The molecule has 6 heteroatoms. The fourth-order valence-electron chi connectivity index (χ4n) is 4.41. The highest BCUT2D eigenvalue weighted by Gasteiger charge is 2.43. The second-order valence-corrected chi connectivity index (χ2v) is 8.51. The van der Waals surface area contributed by atoms with E-state index in [0.717, 1.165) is 48.6 Å². The quantitative estimate of drug-likeness (QED) is 0.877. The van der Waals surface area contributed by atoms with E-state index in [9.17, 15) is 4.79 Å². The van der Waals surface area contributed by atoms with Gasteiger partial charge >= 0.3 is 0 Å². The number of aryl methyl sites for hydroxylation is 1. The van der Waals surface area contributed by atoms with Crippen molar-refractivity contribution in [2.24, 2.45) is 0 Å². The van der Waals surface area contributed by atoms with E-state index in [1.807, 2.05) is 24.6 Å². The molecule has 0 radical (unpaired) electrons. The van der Waals surface area contributed by atoms with E-state index in [-0.39, 0.29) is 17.5 Å². The predicted octanol–water partition coefficient (Wildman–Crippen LogP) is 3.65. The largest absolute Gasteiger partial charge is 0.334 e. The number of aromatic nitrogens is 2. The van der Waals surface area contributed by atoms with Gasteiger partial charge in [0.15, 0.2) is 0 Å². The van der Waals surface area contributed by atoms with Crippen LogP contribution in [0.5, 0.6) is 0 Å². The topological polar surface area (TPSA) is 58.1 Å². The molecule has 2 fully saturated rings. The maximum atomic E-state index is 13.2. The average molecular weight is 371 g/mol. The molecule has 4 rings (SSSR count). The van der Waals surface area contributed by atoms with Crippen molar-refractivity contribution in [2.45, 2.75) is 57.5 Å². The fraction of sp³-hybridized carbons (Fsp3) is 0.550. The molecule has 2 aliphatic heterocycles. The summed E-state index contributed by atoms with van der Waals surface area (Å²) in [7, 11) is 0. The number of hydrogen-bond acceptors (Lipinski definition) is 5. The highest BCUT2D eigenvalue weighted by atomic mass is 32.1. The second-order valence-electron chi connectivity index (χ2n) is 7.66. The van der Waals surface area contributed by atoms with E-state index in [2.05, 4.69) is 27.1 Å². The van der Waals surface area contributed by atoms with Crippen molar-refractivity contribution in [3.63, 3.8) is 0 Å². The molecule has 4 heterocycles. The van der Waals surface area contributed by atoms with Gasteiger partial charge in [-0.2, -0.15) is 0 Å². The summed E-state index contributed by atoms with van der Waals surface area (Å²) in [4.78, 5) is 25.2. The van der Waals surface area contributed by atoms with E-state index < -0.39 is 0 Å². The van der Waals surface area contributed by atoms with Crippen molar-refractivity contribution < 1.29 is 4.79 Å². The first-order chi connectivity index (χ1) is 12.6. The average Bonchev–Trinajstić information content (AvgIpc) is 2.97. The van der Waals surface area contributed by atoms with Gasteiger partial charge in [-0.1, -0.05) is 6.42 Å². The Labute approximate surface area is 158 Å². The van der Waals surface area contributed by atoms with Crippen molar-refractivity contribution in [3.05, 3.63) is 35.1 Å². The first-order valence-electron chi connectivity index (χ1n) is 9.51. The molecule has 0 aromatic carbocycles. The Balaban J connectivity index is 1.57. The van der Waals surface area contributed by atoms with E-state index in [4.69, 9.17) is 0 Å². The van der Waals surface area contributed by atoms with Crippen molar-refractivity contribution in [2.75, 3.05) is 13.1 Å². The Kier molecular flexibility index (Phi) is 4.80. The number of hydrogen-bond donors (Lipinski definition) is 1. The molecule has 0 spiro atoms. The number of carbonyl (C=O) groups excluding carboxylic acids is 1. The summed E-state index contributed by atoms with van der Waals surface area (Å²) in [5.41, 5.74) is 4.43. The lowest BCUT2D eigenvalue weighted by Gasteiger charge is -2.48. The summed E-state index contributed by atoms with van der Waals surface area (Å²) in [6.07, 6.45) is 7.38. The van der Waals surface area contributed by atoms with Gasteiger partial charge in [0.2, 0.25) is 0 Å². The number of amides is 1. The van der Waals surface area contributed by atoms with E-state index >= 15 is 0 Å². The van der Waals surface area contributed by atoms with Crippen molar-refractivity contribution >= 4 is 17.2 Å². The van der Waals surface area contributed by atoms with Gasteiger partial charge < -0.3 is 10.2 Å². The van der Waals surface area contributed by atoms with Crippen LogP contribution in [0.15, 0.2) is 23.8 Å². The van der Waals surface area contributed by atoms with Crippen molar-refractivity contribution in [1.82, 2.24) is 20.2 Å². The van der Waals surface area contributed by atoms with Gasteiger partial charge in [0.1, 0.15) is 0 Å². The molecule has 26 heavy (non-hydrogen) atoms. The minimum atomic E-state index is 0.0392. The van der Waals surface area contributed by atoms with Crippen LogP contribution in [-0.4, -0.2) is 45.4 Å². The predicted molar refractivity (Wildman–Crippen MR) is 104 cm³/mol. The van der Waals surface area contributed by atoms with Crippen LogP contribution < -0.4 is 5.32 Å². The lowest BCUT2D eigenvalue weighted by Crippen LogP contribution is -2.62. The van der Waals surface area contributed by atoms with Gasteiger partial charge in [0.25, 0.3) is 5.91 Å². The number of thiazole rings is 1. The van der Waals surface area contributed by atoms with Crippen LogP contribution in [0.25, 0.3) is 10.6 Å². The molecule has 1 N–H and O–H groups in total. The third kappa shape index (κ3) is 3.16. The first-order valence-corrected chi connectivity index (χ1v) is 10.4. The van der Waals surface area contributed by atoms with Crippen LogP contribution in [0, 0.1) is 6.92 Å². The van der Waals surface area contributed by atoms with Gasteiger partial charge in [-0.3, -0.25) is 9.78 Å². The molecule has 2 aromatic rings. The monoisotopic (exact) mass is 370 g/mol. The third-order valence-electron chi connectivity index (χ3n) is 5.89. The second kappa shape index (κ2) is 7.08. The smallest absolute Gasteiger partial charge is 0.255 e. The molecular formula is C20H26N4OS. The summed E-state index contributed by atoms with van der Waals surface area (Å²) >= 11 is 1.58. The van der Waals surface area contributed by atoms with Crippen LogP contribution >= 0.6 is 11.3 Å². The number of fused-ring (bicyclic) bond motifs is 1. The molecule has 0 aliphatic carbocycles. The van der Waals surface area contributed by atoms with Gasteiger partial charge in [-0.05, 0) is 58.2 Å². The molecule has 2 atom stereocenters. The lowest BCUT2D eigenvalue weighted by atomic mass is 9.81. The number of piperidine rings is 1. The fourth-order valence-corrected chi connectivity index (χ4v) is 5.19. The normalized spacial score (nSPS) is 26.2. The number of nitrogens with zero attached hydrogens (tertiary/aromatic N) is 3. The highest BCUT2D eigenvalue weighted by molar-refractivity contribution is 7.13. The summed E-state index contributed by atoms with van der Waals surface area (Å²) in [5.74, 6) is 0.115. The first kappa shape index (κ1) is 17.6. The molecule has 5 nitrogen and oxygen atoms in total. The Bertz CT molecular complexity index is 787. The summed E-state index contributed by atoms with van der Waals surface area (Å²) in [6.45, 7) is 6.17. The number of pyridine rings is 1. The van der Waals surface area contributed by atoms with Crippen LogP contribution in [-0.2, 0) is 0 Å². The number of likely N-dealkylation sites (tertiary alicyclic amines) is 1. The zero-order chi connectivity index (χ0) is 18.1. The third-order valence-corrected chi connectivity index (χ3v) is 6.84. The summed E-state index contributed by atoms with van der Waals surface area (Å²) in [6, 6.07) is 4.14. The Hall–Kier alpha value is -1.79. The number of nitrogens with one attached hydrogen (secondary N) is 1. The molecule has 0 bridgehead atoms. The maximum absolute atomic E-state index is 13.2. The van der Waals surface area contributed by atoms with Crippen LogP contribution in [0.1, 0.15) is 55.1 Å². The van der Waals surface area contributed by atoms with E-state index in [1.165, 1.54) is 12.8 Å². The molecule has 2 aromatic heterocycles. The Morgan fingerprint density at radius 2 is 2.19 bits per heavy atom. The van der Waals surface area contributed by atoms with Gasteiger partial charge in [-0.15, -0.1) is 11.3 Å². The maximum Gasteiger partial charge on any atom is 0.255 e. The van der Waals surface area contributed by atoms with Crippen molar-refractivity contribution in [3.8, 4) is 10.6 Å². The van der Waals surface area contributed by atoms with Gasteiger partial charge in [-0.25, -0.2) is 4.98 Å². The van der Waals surface area contributed by atoms with Crippen LogP contribution in [0.3, 0.4) is 0 Å². The zero-order valence-corrected chi connectivity index (χ0v) is 16.3. The summed E-state index contributed by atoms with van der Waals surface area (Å²) in [5, 5.41) is 3.72. The van der Waals surface area contributed by atoms with E-state index in [0.29, 0.717) is 5.56 Å². The molecule has 2 saturated heterocycles. The van der Waals surface area contributed by atoms with Gasteiger partial charge in [0.05, 0.1) is 27.3 Å². The minimum Gasteiger partial charge on any atom is -0.334 e. The molecular weight excluding hydrogens is 344 g/mol. The Morgan fingerprint density at radius 3 is 2.92 bits per heavy atom. The standard InChI is InChI=1S/C20H26N4OS/c1-14-18(26-13-22-14)16-8-7-15(12-21-16)19(25)24-11-5-9-20(2)17(24)6-3-4-10-23-20/h7-8,12-13,17,23H,3-6,9-11H2,1-2H3/t17-,20-/m0/s1. The molecule has 1 amide bonds. The Morgan fingerprint density at radius 1 is 1.31 bits per heavy atom. The molecule has 0 unspecified atom stereocenters.